The van der Waals surface area contributed by atoms with Crippen LogP contribution >= 0.6 is 0 Å². The topological polar surface area (TPSA) is 46.6 Å². The fourth-order valence-electron chi connectivity index (χ4n) is 6.77. The van der Waals surface area contributed by atoms with Crippen LogP contribution in [-0.4, -0.2) is 41.6 Å². The molecule has 2 aromatic carbocycles. The van der Waals surface area contributed by atoms with Gasteiger partial charge in [0.1, 0.15) is 11.9 Å². The summed E-state index contributed by atoms with van der Waals surface area (Å²) < 4.78 is 15.5. The molecule has 2 aromatic rings. The molecule has 2 bridgehead atoms. The lowest BCUT2D eigenvalue weighted by molar-refractivity contribution is -0.276. The Morgan fingerprint density at radius 2 is 1.85 bits per heavy atom. The van der Waals surface area contributed by atoms with E-state index in [1.165, 1.54) is 5.56 Å². The van der Waals surface area contributed by atoms with Gasteiger partial charge in [0.25, 0.3) is 0 Å². The summed E-state index contributed by atoms with van der Waals surface area (Å²) >= 11 is 0. The zero-order chi connectivity index (χ0) is 24.2. The second-order valence-corrected chi connectivity index (χ2v) is 11.8. The Hall–Kier alpha value is -2.40. The molecule has 5 heteroatoms. The van der Waals surface area contributed by atoms with Gasteiger partial charge in [-0.25, -0.2) is 4.39 Å². The third kappa shape index (κ3) is 4.13. The van der Waals surface area contributed by atoms with Gasteiger partial charge in [0.2, 0.25) is 0 Å². The van der Waals surface area contributed by atoms with Gasteiger partial charge < -0.3 is 19.7 Å². The molecule has 182 valence electrons. The summed E-state index contributed by atoms with van der Waals surface area (Å²) in [4.78, 5) is 16.5. The first-order valence-electron chi connectivity index (χ1n) is 12.8. The Morgan fingerprint density at radius 1 is 1.18 bits per heavy atom. The van der Waals surface area contributed by atoms with Crippen molar-refractivity contribution >= 4 is 6.09 Å². The summed E-state index contributed by atoms with van der Waals surface area (Å²) in [5, 5.41) is 12.5. The van der Waals surface area contributed by atoms with Crippen LogP contribution in [-0.2, 0) is 12.8 Å². The van der Waals surface area contributed by atoms with Gasteiger partial charge in [-0.2, -0.15) is 0 Å². The van der Waals surface area contributed by atoms with E-state index in [2.05, 4.69) is 44.7 Å². The minimum atomic E-state index is -1.13. The number of nitrogens with zero attached hydrogens (tertiary/aromatic N) is 2. The van der Waals surface area contributed by atoms with Crippen molar-refractivity contribution in [1.29, 1.82) is 0 Å². The zero-order valence-electron chi connectivity index (χ0n) is 20.8. The molecule has 3 heterocycles. The fourth-order valence-corrected chi connectivity index (χ4v) is 6.77. The predicted octanol–water partition coefficient (Wildman–Crippen LogP) is 5.05. The third-order valence-corrected chi connectivity index (χ3v) is 8.29. The molecule has 3 saturated heterocycles. The van der Waals surface area contributed by atoms with Crippen LogP contribution in [0.3, 0.4) is 0 Å². The fraction of sp³-hybridized carbons (Fsp3) is 0.552. The van der Waals surface area contributed by atoms with Gasteiger partial charge in [-0.3, -0.25) is 0 Å². The van der Waals surface area contributed by atoms with Crippen molar-refractivity contribution in [3.63, 3.8) is 0 Å². The minimum absolute atomic E-state index is 0.0843. The van der Waals surface area contributed by atoms with E-state index >= 15 is 4.39 Å². The average molecular weight is 464 g/mol. The number of piperidine rings is 3. The number of carbonyl (C=O) groups is 1. The van der Waals surface area contributed by atoms with E-state index in [0.29, 0.717) is 17.4 Å². The maximum absolute atomic E-state index is 15.5. The van der Waals surface area contributed by atoms with Crippen LogP contribution in [0.5, 0.6) is 0 Å². The smallest absolute Gasteiger partial charge is 0.137 e. The molecule has 1 amide bonds. The molecule has 1 aliphatic carbocycles. The van der Waals surface area contributed by atoms with Gasteiger partial charge in [-0.15, -0.1) is 0 Å². The van der Waals surface area contributed by atoms with Gasteiger partial charge in [-0.1, -0.05) is 52.0 Å². The van der Waals surface area contributed by atoms with E-state index in [4.69, 9.17) is 0 Å². The number of carboxylic acid groups (broad SMARTS) is 1. The van der Waals surface area contributed by atoms with Crippen molar-refractivity contribution < 1.29 is 14.3 Å². The first kappa shape index (κ1) is 23.3. The summed E-state index contributed by atoms with van der Waals surface area (Å²) in [6, 6.07) is 11.2. The van der Waals surface area contributed by atoms with Gasteiger partial charge in [0.15, 0.2) is 0 Å². The van der Waals surface area contributed by atoms with Crippen LogP contribution in [0.1, 0.15) is 63.3 Å². The number of fused-ring (bicyclic) bond motifs is 4. The molecule has 0 spiro atoms. The van der Waals surface area contributed by atoms with Crippen LogP contribution in [0, 0.1) is 23.1 Å². The highest BCUT2D eigenvalue weighted by atomic mass is 19.1. The number of carbonyl (C=O) groups excluding carboxylic acids is 1. The molecule has 4 aliphatic rings. The minimum Gasteiger partial charge on any atom is -0.530 e. The first-order valence-corrected chi connectivity index (χ1v) is 12.8. The molecule has 0 aromatic heterocycles. The molecule has 2 atom stereocenters. The molecular weight excluding hydrogens is 427 g/mol. The van der Waals surface area contributed by atoms with Gasteiger partial charge in [-0.05, 0) is 90.4 Å². The quantitative estimate of drug-likeness (QED) is 0.623. The molecule has 6 rings (SSSR count). The van der Waals surface area contributed by atoms with E-state index in [1.54, 1.807) is 11.0 Å². The third-order valence-electron chi connectivity index (χ3n) is 8.29. The van der Waals surface area contributed by atoms with Crippen LogP contribution in [0.15, 0.2) is 36.4 Å². The van der Waals surface area contributed by atoms with Crippen molar-refractivity contribution in [2.75, 3.05) is 19.6 Å². The number of benzene rings is 2. The van der Waals surface area contributed by atoms with Crippen molar-refractivity contribution in [2.24, 2.45) is 17.3 Å². The van der Waals surface area contributed by atoms with Gasteiger partial charge >= 0.3 is 0 Å². The molecule has 4 nitrogen and oxygen atoms in total. The lowest BCUT2D eigenvalue weighted by Crippen LogP contribution is -2.62. The highest BCUT2D eigenvalue weighted by molar-refractivity contribution is 5.69. The largest absolute Gasteiger partial charge is 0.530 e. The monoisotopic (exact) mass is 463 g/mol. The summed E-state index contributed by atoms with van der Waals surface area (Å²) in [6.07, 6.45) is 2.64. The molecule has 3 fully saturated rings. The lowest BCUT2D eigenvalue weighted by atomic mass is 9.79. The van der Waals surface area contributed by atoms with E-state index in [-0.39, 0.29) is 17.3 Å². The van der Waals surface area contributed by atoms with Crippen molar-refractivity contribution in [3.05, 3.63) is 58.9 Å². The Bertz CT molecular complexity index is 1070. The maximum atomic E-state index is 15.5. The van der Waals surface area contributed by atoms with E-state index in [9.17, 15) is 9.90 Å². The molecule has 0 radical (unpaired) electrons. The zero-order valence-corrected chi connectivity index (χ0v) is 20.8. The van der Waals surface area contributed by atoms with Gasteiger partial charge in [0.05, 0.1) is 6.04 Å². The summed E-state index contributed by atoms with van der Waals surface area (Å²) in [6.45, 7) is 11.4. The lowest BCUT2D eigenvalue weighted by Gasteiger charge is -2.53. The van der Waals surface area contributed by atoms with Crippen LogP contribution < -0.4 is 5.11 Å². The second kappa shape index (κ2) is 8.67. The highest BCUT2D eigenvalue weighted by Crippen LogP contribution is 2.52. The standard InChI is InChI=1S/C29H37FN2O2/c1-18(2)13-19-5-7-20(8-6-19)23-14-22-16-29(3,4)27(24(22)15-25(23)30)32(28(33)34)26-17-31-11-9-21(26)10-12-31/h5-8,14-15,18,21,26-27H,9-13,16-17H2,1-4H3,(H,33,34)/p-1/t26-,27+/m1/s1. The number of hydrogen-bond donors (Lipinski definition) is 0. The summed E-state index contributed by atoms with van der Waals surface area (Å²) in [7, 11) is 0. The van der Waals surface area contributed by atoms with E-state index < -0.39 is 12.1 Å². The van der Waals surface area contributed by atoms with Crippen molar-refractivity contribution in [2.45, 2.75) is 65.5 Å². The molecular formula is C29H36FN2O2-. The predicted molar refractivity (Wildman–Crippen MR) is 131 cm³/mol. The Kier molecular flexibility index (Phi) is 5.96. The molecule has 0 N–H and O–H groups in total. The molecule has 34 heavy (non-hydrogen) atoms. The number of rotatable bonds is 5. The summed E-state index contributed by atoms with van der Waals surface area (Å²) in [5.74, 6) is 0.645. The number of amides is 1. The Labute approximate surface area is 202 Å². The van der Waals surface area contributed by atoms with Crippen LogP contribution in [0.4, 0.5) is 9.18 Å². The van der Waals surface area contributed by atoms with Crippen molar-refractivity contribution in [3.8, 4) is 11.1 Å². The Morgan fingerprint density at radius 3 is 2.41 bits per heavy atom. The molecule has 0 unspecified atom stereocenters. The number of hydrogen-bond acceptors (Lipinski definition) is 3. The average Bonchev–Trinajstić information content (AvgIpc) is 3.03. The maximum Gasteiger partial charge on any atom is 0.137 e. The van der Waals surface area contributed by atoms with Crippen LogP contribution in [0.2, 0.25) is 0 Å². The Balaban J connectivity index is 1.50. The van der Waals surface area contributed by atoms with Gasteiger partial charge in [0, 0.05) is 18.2 Å². The highest BCUT2D eigenvalue weighted by Gasteiger charge is 2.48. The molecule has 3 aliphatic heterocycles. The van der Waals surface area contributed by atoms with E-state index in [1.807, 2.05) is 18.2 Å². The molecule has 0 saturated carbocycles. The van der Waals surface area contributed by atoms with Crippen molar-refractivity contribution in [1.82, 2.24) is 9.80 Å². The van der Waals surface area contributed by atoms with Crippen LogP contribution in [0.25, 0.3) is 11.1 Å². The normalized spacial score (nSPS) is 27.1. The summed E-state index contributed by atoms with van der Waals surface area (Å²) in [5.41, 5.74) is 4.23. The first-order chi connectivity index (χ1) is 16.1. The number of halogens is 1. The van der Waals surface area contributed by atoms with E-state index in [0.717, 1.165) is 62.0 Å². The SMILES string of the molecule is CC(C)Cc1ccc(-c2cc3c(cc2F)[C@H](N(C(=O)[O-])[C@@H]2CN4CCC2CC4)C(C)(C)C3)cc1. The second-order valence-electron chi connectivity index (χ2n) is 11.8.